The van der Waals surface area contributed by atoms with E-state index in [4.69, 9.17) is 10.5 Å². The fourth-order valence-corrected chi connectivity index (χ4v) is 2.33. The molecule has 1 fully saturated rings. The molecule has 2 heterocycles. The molecular weight excluding hydrogens is 228 g/mol. The van der Waals surface area contributed by atoms with Gasteiger partial charge in [0.1, 0.15) is 0 Å². The van der Waals surface area contributed by atoms with Gasteiger partial charge in [0.25, 0.3) is 0 Å². The maximum absolute atomic E-state index is 5.68. The molecule has 0 amide bonds. The van der Waals surface area contributed by atoms with Crippen LogP contribution in [-0.2, 0) is 4.74 Å². The summed E-state index contributed by atoms with van der Waals surface area (Å²) in [6.45, 7) is 2.93. The van der Waals surface area contributed by atoms with E-state index in [1.807, 2.05) is 24.4 Å². The van der Waals surface area contributed by atoms with Crippen molar-refractivity contribution >= 4 is 16.6 Å². The Bertz CT molecular complexity index is 540. The van der Waals surface area contributed by atoms with Crippen LogP contribution in [0.3, 0.4) is 0 Å². The number of nitrogens with zero attached hydrogens (tertiary/aromatic N) is 3. The Hall–Kier alpha value is -1.72. The van der Waals surface area contributed by atoms with Crippen LogP contribution in [0.1, 0.15) is 0 Å². The Morgan fingerprint density at radius 3 is 3.17 bits per heavy atom. The Morgan fingerprint density at radius 2 is 2.28 bits per heavy atom. The van der Waals surface area contributed by atoms with Gasteiger partial charge in [0.2, 0.25) is 0 Å². The molecule has 3 rings (SSSR count). The predicted molar refractivity (Wildman–Crippen MR) is 70.5 cm³/mol. The number of rotatable bonds is 2. The van der Waals surface area contributed by atoms with Gasteiger partial charge >= 0.3 is 0 Å². The number of nitrogens with two attached hydrogens (primary N) is 1. The molecular formula is C13H16N4O. The first-order valence-corrected chi connectivity index (χ1v) is 6.15. The van der Waals surface area contributed by atoms with Crippen molar-refractivity contribution in [3.8, 4) is 0 Å². The van der Waals surface area contributed by atoms with E-state index in [9.17, 15) is 0 Å². The lowest BCUT2D eigenvalue weighted by molar-refractivity contribution is 0.0466. The summed E-state index contributed by atoms with van der Waals surface area (Å²) in [6.07, 6.45) is 1.92. The Balaban J connectivity index is 1.98. The van der Waals surface area contributed by atoms with E-state index in [-0.39, 0.29) is 6.10 Å². The largest absolute Gasteiger partial charge is 0.373 e. The highest BCUT2D eigenvalue weighted by Crippen LogP contribution is 2.25. The summed E-state index contributed by atoms with van der Waals surface area (Å²) in [4.78, 5) is 2.28. The minimum absolute atomic E-state index is 0.102. The van der Waals surface area contributed by atoms with Crippen LogP contribution in [0, 0.1) is 0 Å². The van der Waals surface area contributed by atoms with Gasteiger partial charge in [-0.1, -0.05) is 18.2 Å². The minimum atomic E-state index is 0.102. The van der Waals surface area contributed by atoms with Crippen molar-refractivity contribution in [1.29, 1.82) is 0 Å². The molecule has 5 heteroatoms. The summed E-state index contributed by atoms with van der Waals surface area (Å²) in [5.74, 6) is 0. The van der Waals surface area contributed by atoms with E-state index in [1.165, 1.54) is 0 Å². The van der Waals surface area contributed by atoms with Crippen molar-refractivity contribution in [2.45, 2.75) is 6.10 Å². The zero-order valence-electron chi connectivity index (χ0n) is 10.1. The number of ether oxygens (including phenoxy) is 1. The Labute approximate surface area is 106 Å². The average Bonchev–Trinajstić information content (AvgIpc) is 2.47. The van der Waals surface area contributed by atoms with Crippen LogP contribution in [0.4, 0.5) is 5.69 Å². The fourth-order valence-electron chi connectivity index (χ4n) is 2.33. The van der Waals surface area contributed by atoms with Crippen LogP contribution < -0.4 is 10.6 Å². The maximum atomic E-state index is 5.68. The molecule has 1 aliphatic rings. The average molecular weight is 244 g/mol. The van der Waals surface area contributed by atoms with Gasteiger partial charge in [-0.2, -0.15) is 10.2 Å². The molecule has 1 aromatic heterocycles. The monoisotopic (exact) mass is 244 g/mol. The molecule has 0 saturated carbocycles. The molecule has 1 aliphatic heterocycles. The number of hydrogen-bond acceptors (Lipinski definition) is 5. The molecule has 0 spiro atoms. The van der Waals surface area contributed by atoms with E-state index in [0.29, 0.717) is 13.2 Å². The molecule has 2 aromatic rings. The van der Waals surface area contributed by atoms with Gasteiger partial charge in [-0.05, 0) is 6.07 Å². The first-order chi connectivity index (χ1) is 8.88. The summed E-state index contributed by atoms with van der Waals surface area (Å²) in [6, 6.07) is 8.05. The molecule has 0 radical (unpaired) electrons. The van der Waals surface area contributed by atoms with Crippen molar-refractivity contribution in [2.75, 3.05) is 31.1 Å². The number of anilines is 1. The van der Waals surface area contributed by atoms with E-state index in [0.717, 1.165) is 29.7 Å². The van der Waals surface area contributed by atoms with Crippen LogP contribution in [0.5, 0.6) is 0 Å². The zero-order valence-corrected chi connectivity index (χ0v) is 10.1. The third-order valence-corrected chi connectivity index (χ3v) is 3.27. The van der Waals surface area contributed by atoms with Crippen LogP contribution in [0.15, 0.2) is 30.5 Å². The number of hydrogen-bond donors (Lipinski definition) is 1. The predicted octanol–water partition coefficient (Wildman–Crippen LogP) is 0.794. The van der Waals surface area contributed by atoms with Crippen molar-refractivity contribution in [3.05, 3.63) is 30.5 Å². The quantitative estimate of drug-likeness (QED) is 0.846. The summed E-state index contributed by atoms with van der Waals surface area (Å²) in [7, 11) is 0. The van der Waals surface area contributed by atoms with E-state index in [2.05, 4.69) is 21.2 Å². The minimum Gasteiger partial charge on any atom is -0.373 e. The molecule has 1 saturated heterocycles. The van der Waals surface area contributed by atoms with E-state index in [1.54, 1.807) is 0 Å². The first kappa shape index (κ1) is 11.4. The van der Waals surface area contributed by atoms with Gasteiger partial charge in [-0.3, -0.25) is 0 Å². The van der Waals surface area contributed by atoms with Gasteiger partial charge in [0, 0.05) is 25.0 Å². The van der Waals surface area contributed by atoms with Gasteiger partial charge in [-0.25, -0.2) is 0 Å². The van der Waals surface area contributed by atoms with Gasteiger partial charge in [0.15, 0.2) is 0 Å². The normalized spacial score (nSPS) is 20.3. The summed E-state index contributed by atoms with van der Waals surface area (Å²) in [5.41, 5.74) is 7.71. The fraction of sp³-hybridized carbons (Fsp3) is 0.385. The van der Waals surface area contributed by atoms with Crippen molar-refractivity contribution < 1.29 is 4.74 Å². The van der Waals surface area contributed by atoms with Crippen LogP contribution >= 0.6 is 0 Å². The standard InChI is InChI=1S/C13H16N4O/c14-7-10-9-17(5-6-18-10)13-8-15-16-12-4-2-1-3-11(12)13/h1-4,8,10H,5-7,9,14H2. The second-order valence-electron chi connectivity index (χ2n) is 4.42. The molecule has 0 bridgehead atoms. The molecule has 1 unspecified atom stereocenters. The second-order valence-corrected chi connectivity index (χ2v) is 4.42. The van der Waals surface area contributed by atoms with Crippen molar-refractivity contribution in [1.82, 2.24) is 10.2 Å². The molecule has 5 nitrogen and oxygen atoms in total. The Morgan fingerprint density at radius 1 is 1.39 bits per heavy atom. The number of aromatic nitrogens is 2. The first-order valence-electron chi connectivity index (χ1n) is 6.15. The highest BCUT2D eigenvalue weighted by molar-refractivity contribution is 5.90. The van der Waals surface area contributed by atoms with Crippen molar-refractivity contribution in [2.24, 2.45) is 5.73 Å². The molecule has 1 atom stereocenters. The molecule has 1 aromatic carbocycles. The third kappa shape index (κ3) is 2.02. The van der Waals surface area contributed by atoms with E-state index < -0.39 is 0 Å². The lowest BCUT2D eigenvalue weighted by Crippen LogP contribution is -2.45. The second kappa shape index (κ2) is 4.88. The lowest BCUT2D eigenvalue weighted by Gasteiger charge is -2.34. The zero-order chi connectivity index (χ0) is 12.4. The summed E-state index contributed by atoms with van der Waals surface area (Å²) < 4.78 is 5.59. The SMILES string of the molecule is NCC1CN(c2cnnc3ccccc23)CCO1. The van der Waals surface area contributed by atoms with Gasteiger partial charge in [0.05, 0.1) is 30.1 Å². The molecule has 94 valence electrons. The number of morpholine rings is 1. The lowest BCUT2D eigenvalue weighted by atomic mass is 10.1. The van der Waals surface area contributed by atoms with Crippen LogP contribution in [0.2, 0.25) is 0 Å². The van der Waals surface area contributed by atoms with E-state index >= 15 is 0 Å². The summed E-state index contributed by atoms with van der Waals surface area (Å²) in [5, 5.41) is 9.35. The number of fused-ring (bicyclic) bond motifs is 1. The topological polar surface area (TPSA) is 64.3 Å². The molecule has 0 aliphatic carbocycles. The molecule has 18 heavy (non-hydrogen) atoms. The highest BCUT2D eigenvalue weighted by Gasteiger charge is 2.21. The third-order valence-electron chi connectivity index (χ3n) is 3.27. The van der Waals surface area contributed by atoms with Crippen LogP contribution in [0.25, 0.3) is 10.9 Å². The maximum Gasteiger partial charge on any atom is 0.0950 e. The molecule has 2 N–H and O–H groups in total. The number of benzene rings is 1. The smallest absolute Gasteiger partial charge is 0.0950 e. The van der Waals surface area contributed by atoms with Gasteiger partial charge < -0.3 is 15.4 Å². The van der Waals surface area contributed by atoms with Gasteiger partial charge in [-0.15, -0.1) is 0 Å². The summed E-state index contributed by atoms with van der Waals surface area (Å²) >= 11 is 0. The highest BCUT2D eigenvalue weighted by atomic mass is 16.5. The Kier molecular flexibility index (Phi) is 3.08. The van der Waals surface area contributed by atoms with Crippen molar-refractivity contribution in [3.63, 3.8) is 0 Å². The van der Waals surface area contributed by atoms with Crippen LogP contribution in [-0.4, -0.2) is 42.5 Å².